The predicted molar refractivity (Wildman–Crippen MR) is 119 cm³/mol. The van der Waals surface area contributed by atoms with E-state index >= 15 is 0 Å². The van der Waals surface area contributed by atoms with Crippen LogP contribution in [-0.2, 0) is 9.59 Å². The molecule has 168 valence electrons. The molecule has 0 saturated heterocycles. The Morgan fingerprint density at radius 2 is 0.897 bits per heavy atom. The molecular formula is C24H47LiO4. The summed E-state index contributed by atoms with van der Waals surface area (Å²) in [4.78, 5) is 18.9. The smallest absolute Gasteiger partial charge is 0.481 e. The number of carboxylic acid groups (broad SMARTS) is 2. The van der Waals surface area contributed by atoms with Crippen LogP contribution in [0.25, 0.3) is 0 Å². The van der Waals surface area contributed by atoms with E-state index in [1.165, 1.54) is 109 Å². The van der Waals surface area contributed by atoms with Crippen LogP contribution in [0.4, 0.5) is 0 Å². The first-order valence-electron chi connectivity index (χ1n) is 11.7. The third kappa shape index (κ3) is 35.4. The Kier molecular flexibility index (Phi) is 31.5. The third-order valence-corrected chi connectivity index (χ3v) is 4.98. The molecule has 0 aromatic carbocycles. The van der Waals surface area contributed by atoms with Gasteiger partial charge in [0.1, 0.15) is 6.42 Å². The zero-order chi connectivity index (χ0) is 21.5. The molecule has 0 bridgehead atoms. The van der Waals surface area contributed by atoms with Crippen molar-refractivity contribution in [2.24, 2.45) is 5.92 Å². The molecule has 0 spiro atoms. The van der Waals surface area contributed by atoms with Crippen molar-refractivity contribution in [1.82, 2.24) is 0 Å². The molecule has 5 heteroatoms. The van der Waals surface area contributed by atoms with Gasteiger partial charge >= 0.3 is 30.8 Å². The molecule has 4 nitrogen and oxygen atoms in total. The first-order chi connectivity index (χ1) is 13.4. The summed E-state index contributed by atoms with van der Waals surface area (Å²) in [7, 11) is 0. The minimum absolute atomic E-state index is 0. The molecule has 2 N–H and O–H groups in total. The van der Waals surface area contributed by atoms with E-state index in [0.29, 0.717) is 0 Å². The van der Waals surface area contributed by atoms with Crippen LogP contribution in [0.1, 0.15) is 129 Å². The van der Waals surface area contributed by atoms with Crippen molar-refractivity contribution in [1.29, 1.82) is 0 Å². The molecule has 1 unspecified atom stereocenters. The van der Waals surface area contributed by atoms with Gasteiger partial charge in [-0.1, -0.05) is 123 Å². The molecule has 0 amide bonds. The molecule has 0 aliphatic rings. The fraction of sp³-hybridized carbons (Fsp3) is 0.875. The average Bonchev–Trinajstić information content (AvgIpc) is 2.62. The van der Waals surface area contributed by atoms with Crippen LogP contribution in [0.3, 0.4) is 0 Å². The average molecular weight is 407 g/mol. The summed E-state index contributed by atoms with van der Waals surface area (Å²) in [5, 5.41) is 15.4. The van der Waals surface area contributed by atoms with Gasteiger partial charge in [0.15, 0.2) is 0 Å². The van der Waals surface area contributed by atoms with E-state index in [1.54, 1.807) is 0 Å². The molecule has 0 aliphatic heterocycles. The summed E-state index contributed by atoms with van der Waals surface area (Å²) in [5.74, 6) is -1.90. The molecule has 0 fully saturated rings. The molecular weight excluding hydrogens is 359 g/mol. The van der Waals surface area contributed by atoms with Gasteiger partial charge in [-0.3, -0.25) is 9.59 Å². The van der Waals surface area contributed by atoms with Gasteiger partial charge in [0.05, 0.1) is 0 Å². The Morgan fingerprint density at radius 1 is 0.621 bits per heavy atom. The molecule has 0 aliphatic carbocycles. The third-order valence-electron chi connectivity index (χ3n) is 4.98. The van der Waals surface area contributed by atoms with Crippen molar-refractivity contribution in [2.75, 3.05) is 0 Å². The summed E-state index contributed by atoms with van der Waals surface area (Å²) in [6.07, 6.45) is 23.4. The summed E-state index contributed by atoms with van der Waals surface area (Å²) in [5.41, 5.74) is 0. The van der Waals surface area contributed by atoms with Gasteiger partial charge in [0.25, 0.3) is 0 Å². The number of rotatable bonds is 19. The monoisotopic (exact) mass is 406 g/mol. The minimum Gasteiger partial charge on any atom is -0.481 e. The zero-order valence-electron chi connectivity index (χ0n) is 19.7. The van der Waals surface area contributed by atoms with E-state index in [9.17, 15) is 9.59 Å². The van der Waals surface area contributed by atoms with E-state index in [-0.39, 0.29) is 18.9 Å². The Bertz CT molecular complexity index is 336. The molecule has 0 saturated carbocycles. The van der Waals surface area contributed by atoms with E-state index in [4.69, 9.17) is 10.2 Å². The van der Waals surface area contributed by atoms with Crippen LogP contribution in [0.5, 0.6) is 0 Å². The van der Waals surface area contributed by atoms with Crippen LogP contribution in [0.15, 0.2) is 0 Å². The Labute approximate surface area is 192 Å². The summed E-state index contributed by atoms with van der Waals surface area (Å²) < 4.78 is 0. The van der Waals surface area contributed by atoms with Gasteiger partial charge in [-0.25, -0.2) is 0 Å². The van der Waals surface area contributed by atoms with Gasteiger partial charge in [-0.05, 0) is 0 Å². The molecule has 0 radical (unpaired) electrons. The van der Waals surface area contributed by atoms with Crippen molar-refractivity contribution in [2.45, 2.75) is 129 Å². The number of unbranched alkanes of at least 4 members (excludes halogenated alkanes) is 13. The van der Waals surface area contributed by atoms with Gasteiger partial charge in [0.2, 0.25) is 0 Å². The van der Waals surface area contributed by atoms with E-state index in [0.717, 1.165) is 5.92 Å². The Balaban J connectivity index is -0.000000721. The number of hydrogen-bond donors (Lipinski definition) is 2. The number of carbonyl (C=O) groups is 2. The maximum absolute atomic E-state index is 9.43. The van der Waals surface area contributed by atoms with Gasteiger partial charge in [-0.2, -0.15) is 5.92 Å². The molecule has 0 aromatic heterocycles. The van der Waals surface area contributed by atoms with Crippen LogP contribution in [0.2, 0.25) is 0 Å². The second kappa shape index (κ2) is 27.5. The van der Waals surface area contributed by atoms with Crippen LogP contribution < -0.4 is 18.9 Å². The fourth-order valence-corrected chi connectivity index (χ4v) is 3.23. The fourth-order valence-electron chi connectivity index (χ4n) is 3.23. The molecule has 0 aromatic rings. The van der Waals surface area contributed by atoms with Crippen LogP contribution in [0, 0.1) is 12.8 Å². The van der Waals surface area contributed by atoms with E-state index in [2.05, 4.69) is 20.8 Å². The Morgan fingerprint density at radius 3 is 1.14 bits per heavy atom. The van der Waals surface area contributed by atoms with Crippen molar-refractivity contribution >= 4 is 11.9 Å². The molecule has 29 heavy (non-hydrogen) atoms. The topological polar surface area (TPSA) is 74.6 Å². The van der Waals surface area contributed by atoms with Crippen molar-refractivity contribution in [3.63, 3.8) is 0 Å². The maximum atomic E-state index is 9.43. The van der Waals surface area contributed by atoms with Gasteiger partial charge in [-0.15, -0.1) is 0 Å². The summed E-state index contributed by atoms with van der Waals surface area (Å²) in [6, 6.07) is 0. The minimum atomic E-state index is -1.31. The van der Waals surface area contributed by atoms with E-state index in [1.807, 2.05) is 0 Å². The Hall–Kier alpha value is -0.463. The zero-order valence-corrected chi connectivity index (χ0v) is 19.7. The van der Waals surface area contributed by atoms with Crippen molar-refractivity contribution < 1.29 is 38.7 Å². The number of carboxylic acids is 2. The standard InChI is InChI=1S/C21H43.C3H4O4.Li/c1-4-6-8-10-11-12-13-14-16-18-20-21(3)19-17-15-9-7-5-2;4-2(5)1-3(6)7;/h21H,3-20H2,1-2H3;1H2,(H,4,5)(H,6,7);/q-1;;+1. The first kappa shape index (κ1) is 33.2. The van der Waals surface area contributed by atoms with Gasteiger partial charge < -0.3 is 17.1 Å². The van der Waals surface area contributed by atoms with Crippen LogP contribution >= 0.6 is 0 Å². The predicted octanol–water partition coefficient (Wildman–Crippen LogP) is 4.66. The molecule has 0 rings (SSSR count). The number of aliphatic carboxylic acids is 2. The molecule has 1 atom stereocenters. The normalized spacial score (nSPS) is 11.1. The molecule has 0 heterocycles. The second-order valence-electron chi connectivity index (χ2n) is 8.00. The van der Waals surface area contributed by atoms with E-state index < -0.39 is 18.4 Å². The first-order valence-corrected chi connectivity index (χ1v) is 11.7. The van der Waals surface area contributed by atoms with Gasteiger partial charge in [0, 0.05) is 0 Å². The SMILES string of the molecule is O=C(O)CC(=O)O.[CH2-]C(CCCCCCC)CCCCCCCCCCCC.[Li+]. The number of hydrogen-bond acceptors (Lipinski definition) is 2. The largest absolute Gasteiger partial charge is 1.00 e. The quantitative estimate of drug-likeness (QED) is 0.142. The summed E-state index contributed by atoms with van der Waals surface area (Å²) >= 11 is 0. The maximum Gasteiger partial charge on any atom is 1.00 e. The van der Waals surface area contributed by atoms with Crippen LogP contribution in [-0.4, -0.2) is 22.2 Å². The van der Waals surface area contributed by atoms with Crippen molar-refractivity contribution in [3.8, 4) is 0 Å². The summed E-state index contributed by atoms with van der Waals surface area (Å²) in [6.45, 7) is 8.91. The van der Waals surface area contributed by atoms with Crippen molar-refractivity contribution in [3.05, 3.63) is 6.92 Å². The second-order valence-corrected chi connectivity index (χ2v) is 8.00.